The summed E-state index contributed by atoms with van der Waals surface area (Å²) in [5.74, 6) is -1.47. The average molecular weight is 456 g/mol. The second-order valence-corrected chi connectivity index (χ2v) is 7.84. The van der Waals surface area contributed by atoms with Gasteiger partial charge in [-0.3, -0.25) is 0 Å². The maximum absolute atomic E-state index is 15.3. The van der Waals surface area contributed by atoms with Crippen LogP contribution in [0.1, 0.15) is 47.9 Å². The van der Waals surface area contributed by atoms with Gasteiger partial charge in [-0.15, -0.1) is 6.58 Å². The van der Waals surface area contributed by atoms with Crippen LogP contribution >= 0.6 is 0 Å². The summed E-state index contributed by atoms with van der Waals surface area (Å²) in [7, 11) is 0. The summed E-state index contributed by atoms with van der Waals surface area (Å²) in [6.07, 6.45) is -1.13. The van der Waals surface area contributed by atoms with E-state index in [1.54, 1.807) is 19.1 Å². The smallest absolute Gasteiger partial charge is 0.171 e. The van der Waals surface area contributed by atoms with Gasteiger partial charge < -0.3 is 9.47 Å². The van der Waals surface area contributed by atoms with Gasteiger partial charge in [0.15, 0.2) is 23.9 Å². The van der Waals surface area contributed by atoms with E-state index in [2.05, 4.69) is 6.58 Å². The number of ether oxygens (including phenoxy) is 2. The highest BCUT2D eigenvalue weighted by Crippen LogP contribution is 2.51. The topological polar surface area (TPSA) is 18.5 Å². The van der Waals surface area contributed by atoms with Crippen molar-refractivity contribution in [2.45, 2.75) is 38.7 Å². The van der Waals surface area contributed by atoms with Gasteiger partial charge in [-0.1, -0.05) is 36.4 Å². The van der Waals surface area contributed by atoms with Gasteiger partial charge in [0.05, 0.1) is 6.61 Å². The van der Waals surface area contributed by atoms with Gasteiger partial charge in [0.2, 0.25) is 0 Å². The third-order valence-corrected chi connectivity index (χ3v) is 5.76. The third-order valence-electron chi connectivity index (χ3n) is 5.76. The molecule has 0 fully saturated rings. The summed E-state index contributed by atoms with van der Waals surface area (Å²) < 4.78 is 70.9. The fourth-order valence-electron chi connectivity index (χ4n) is 4.07. The van der Waals surface area contributed by atoms with Crippen molar-refractivity contribution < 1.29 is 27.0 Å². The van der Waals surface area contributed by atoms with Crippen LogP contribution in [0.4, 0.5) is 17.6 Å². The Labute approximate surface area is 190 Å². The van der Waals surface area contributed by atoms with Crippen LogP contribution in [0.25, 0.3) is 11.1 Å². The summed E-state index contributed by atoms with van der Waals surface area (Å²) in [4.78, 5) is 0. The van der Waals surface area contributed by atoms with Gasteiger partial charge >= 0.3 is 0 Å². The molecule has 33 heavy (non-hydrogen) atoms. The number of halogens is 4. The summed E-state index contributed by atoms with van der Waals surface area (Å²) in [6, 6.07) is 13.1. The molecule has 4 rings (SSSR count). The Morgan fingerprint density at radius 3 is 2.12 bits per heavy atom. The SMILES string of the molecule is C=CCCc1ccc(OCc2ccc3c(c2F)C(F)C(F)c2c-3ccc(OCC)c2F)cc1. The summed E-state index contributed by atoms with van der Waals surface area (Å²) in [5, 5.41) is 0. The first kappa shape index (κ1) is 22.9. The molecule has 0 spiro atoms. The molecule has 0 aliphatic heterocycles. The van der Waals surface area contributed by atoms with Crippen molar-refractivity contribution in [1.29, 1.82) is 0 Å². The Hall–Kier alpha value is -3.28. The fourth-order valence-corrected chi connectivity index (χ4v) is 4.07. The number of allylic oxidation sites excluding steroid dienone is 1. The molecular weight excluding hydrogens is 432 g/mol. The Morgan fingerprint density at radius 1 is 0.848 bits per heavy atom. The Morgan fingerprint density at radius 2 is 1.48 bits per heavy atom. The lowest BCUT2D eigenvalue weighted by molar-refractivity contribution is 0.158. The first-order valence-corrected chi connectivity index (χ1v) is 10.8. The van der Waals surface area contributed by atoms with E-state index in [-0.39, 0.29) is 35.7 Å². The lowest BCUT2D eigenvalue weighted by Crippen LogP contribution is -2.17. The lowest BCUT2D eigenvalue weighted by Gasteiger charge is -2.28. The zero-order valence-electron chi connectivity index (χ0n) is 18.2. The highest BCUT2D eigenvalue weighted by Gasteiger charge is 2.39. The molecule has 0 N–H and O–H groups in total. The van der Waals surface area contributed by atoms with Crippen molar-refractivity contribution in [3.63, 3.8) is 0 Å². The Bertz CT molecular complexity index is 1160. The molecule has 2 atom stereocenters. The van der Waals surface area contributed by atoms with E-state index in [9.17, 15) is 8.78 Å². The predicted molar refractivity (Wildman–Crippen MR) is 120 cm³/mol. The van der Waals surface area contributed by atoms with E-state index >= 15 is 8.78 Å². The first-order chi connectivity index (χ1) is 16.0. The van der Waals surface area contributed by atoms with Gasteiger partial charge in [-0.05, 0) is 54.7 Å². The van der Waals surface area contributed by atoms with Crippen LogP contribution in [0.5, 0.6) is 11.5 Å². The van der Waals surface area contributed by atoms with Crippen molar-refractivity contribution in [3.8, 4) is 22.6 Å². The number of fused-ring (bicyclic) bond motifs is 3. The van der Waals surface area contributed by atoms with E-state index in [1.807, 2.05) is 18.2 Å². The fraction of sp³-hybridized carbons (Fsp3) is 0.259. The lowest BCUT2D eigenvalue weighted by atomic mass is 9.81. The second-order valence-electron chi connectivity index (χ2n) is 7.84. The zero-order chi connectivity index (χ0) is 23.5. The van der Waals surface area contributed by atoms with Crippen LogP contribution in [0.15, 0.2) is 61.2 Å². The van der Waals surface area contributed by atoms with Crippen LogP contribution in [0, 0.1) is 11.6 Å². The molecule has 0 saturated carbocycles. The molecule has 0 amide bonds. The molecule has 3 aromatic carbocycles. The first-order valence-electron chi connectivity index (χ1n) is 10.8. The van der Waals surface area contributed by atoms with Crippen molar-refractivity contribution in [2.75, 3.05) is 6.61 Å². The maximum atomic E-state index is 15.3. The normalized spacial score (nSPS) is 16.6. The van der Waals surface area contributed by atoms with Crippen LogP contribution in [-0.2, 0) is 13.0 Å². The quantitative estimate of drug-likeness (QED) is 0.255. The molecule has 3 aromatic rings. The molecule has 0 aromatic heterocycles. The van der Waals surface area contributed by atoms with Crippen LogP contribution in [0.3, 0.4) is 0 Å². The number of hydrogen-bond donors (Lipinski definition) is 0. The van der Waals surface area contributed by atoms with Gasteiger partial charge in [-0.25, -0.2) is 17.6 Å². The van der Waals surface area contributed by atoms with Gasteiger partial charge in [0.1, 0.15) is 18.2 Å². The number of alkyl halides is 2. The van der Waals surface area contributed by atoms with Crippen molar-refractivity contribution in [3.05, 3.63) is 95.1 Å². The minimum atomic E-state index is -2.35. The maximum Gasteiger partial charge on any atom is 0.171 e. The summed E-state index contributed by atoms with van der Waals surface area (Å²) in [5.41, 5.74) is 0.597. The summed E-state index contributed by atoms with van der Waals surface area (Å²) >= 11 is 0. The Kier molecular flexibility index (Phi) is 6.72. The standard InChI is InChI=1S/C27H24F4O2/c1-3-5-6-16-7-10-18(11-8-16)33-15-17-9-12-19-20-13-14-21(32-4-2)25(29)23(20)27(31)26(30)22(19)24(17)28/h3,7-14,26-27H,1,4-6,15H2,2H3. The molecule has 2 unspecified atom stereocenters. The molecule has 0 heterocycles. The van der Waals surface area contributed by atoms with E-state index < -0.39 is 35.1 Å². The zero-order valence-corrected chi connectivity index (χ0v) is 18.2. The number of aryl methyl sites for hydroxylation is 1. The van der Waals surface area contributed by atoms with Crippen molar-refractivity contribution in [2.24, 2.45) is 0 Å². The molecule has 6 heteroatoms. The highest BCUT2D eigenvalue weighted by atomic mass is 19.2. The number of hydrogen-bond acceptors (Lipinski definition) is 2. The number of benzene rings is 3. The third kappa shape index (κ3) is 4.34. The van der Waals surface area contributed by atoms with Crippen LogP contribution < -0.4 is 9.47 Å². The van der Waals surface area contributed by atoms with E-state index in [4.69, 9.17) is 9.47 Å². The molecule has 0 radical (unpaired) electrons. The Balaban J connectivity index is 1.61. The van der Waals surface area contributed by atoms with Crippen molar-refractivity contribution >= 4 is 0 Å². The molecule has 0 saturated heterocycles. The van der Waals surface area contributed by atoms with Gasteiger partial charge in [0, 0.05) is 16.7 Å². The summed E-state index contributed by atoms with van der Waals surface area (Å²) in [6.45, 7) is 5.39. The van der Waals surface area contributed by atoms with E-state index in [0.29, 0.717) is 5.75 Å². The molecule has 172 valence electrons. The molecule has 0 bridgehead atoms. The largest absolute Gasteiger partial charge is 0.491 e. The highest BCUT2D eigenvalue weighted by molar-refractivity contribution is 5.76. The monoisotopic (exact) mass is 456 g/mol. The van der Waals surface area contributed by atoms with E-state index in [0.717, 1.165) is 18.4 Å². The second kappa shape index (κ2) is 9.69. The number of rotatable bonds is 8. The molecular formula is C27H24F4O2. The molecule has 1 aliphatic carbocycles. The average Bonchev–Trinajstić information content (AvgIpc) is 2.82. The van der Waals surface area contributed by atoms with Gasteiger partial charge in [-0.2, -0.15) is 0 Å². The van der Waals surface area contributed by atoms with Crippen LogP contribution in [0.2, 0.25) is 0 Å². The minimum absolute atomic E-state index is 0.0918. The molecule has 1 aliphatic rings. The van der Waals surface area contributed by atoms with E-state index in [1.165, 1.54) is 24.3 Å². The van der Waals surface area contributed by atoms with Gasteiger partial charge in [0.25, 0.3) is 0 Å². The predicted octanol–water partition coefficient (Wildman–Crippen LogP) is 7.76. The van der Waals surface area contributed by atoms with Crippen LogP contribution in [-0.4, -0.2) is 6.61 Å². The van der Waals surface area contributed by atoms with Crippen molar-refractivity contribution in [1.82, 2.24) is 0 Å². The minimum Gasteiger partial charge on any atom is -0.491 e. The molecule has 2 nitrogen and oxygen atoms in total.